The van der Waals surface area contributed by atoms with Crippen LogP contribution in [-0.4, -0.2) is 11.1 Å². The summed E-state index contributed by atoms with van der Waals surface area (Å²) in [6.07, 6.45) is 0. The van der Waals surface area contributed by atoms with Gasteiger partial charge in [-0.2, -0.15) is 0 Å². The number of hydrogen-bond donors (Lipinski definition) is 3. The minimum absolute atomic E-state index is 0.198. The predicted molar refractivity (Wildman–Crippen MR) is 69.5 cm³/mol. The van der Waals surface area contributed by atoms with Crippen molar-refractivity contribution in [1.82, 2.24) is 0 Å². The van der Waals surface area contributed by atoms with Crippen LogP contribution >= 0.6 is 11.3 Å². The fourth-order valence-corrected chi connectivity index (χ4v) is 2.10. The molecule has 2 rings (SSSR count). The number of carboxylic acids is 1. The van der Waals surface area contributed by atoms with Crippen LogP contribution in [0.5, 0.6) is 0 Å². The standard InChI is InChI=1S/C12H12N2O2S/c13-10-6-8(12(15)16)3-4-11(10)14-7-9-2-1-5-17-9/h1-6,14H,7,13H2,(H,15,16). The summed E-state index contributed by atoms with van der Waals surface area (Å²) < 4.78 is 0. The number of aromatic carboxylic acids is 1. The van der Waals surface area contributed by atoms with E-state index in [2.05, 4.69) is 5.32 Å². The Bertz CT molecular complexity index is 523. The van der Waals surface area contributed by atoms with Crippen LogP contribution in [-0.2, 0) is 6.54 Å². The third-order valence-electron chi connectivity index (χ3n) is 2.33. The summed E-state index contributed by atoms with van der Waals surface area (Å²) in [5.74, 6) is -0.971. The average molecular weight is 248 g/mol. The van der Waals surface area contributed by atoms with E-state index in [9.17, 15) is 4.79 Å². The van der Waals surface area contributed by atoms with Crippen molar-refractivity contribution in [3.8, 4) is 0 Å². The van der Waals surface area contributed by atoms with Crippen molar-refractivity contribution in [3.63, 3.8) is 0 Å². The number of anilines is 2. The maximum absolute atomic E-state index is 10.7. The van der Waals surface area contributed by atoms with E-state index in [4.69, 9.17) is 10.8 Å². The van der Waals surface area contributed by atoms with Gasteiger partial charge in [0.25, 0.3) is 0 Å². The van der Waals surface area contributed by atoms with E-state index >= 15 is 0 Å². The number of benzene rings is 1. The number of rotatable bonds is 4. The van der Waals surface area contributed by atoms with Crippen LogP contribution in [0.1, 0.15) is 15.2 Å². The van der Waals surface area contributed by atoms with Gasteiger partial charge in [0, 0.05) is 11.4 Å². The Morgan fingerprint density at radius 3 is 2.82 bits per heavy atom. The average Bonchev–Trinajstić information content (AvgIpc) is 2.80. The van der Waals surface area contributed by atoms with Crippen LogP contribution in [0.25, 0.3) is 0 Å². The first-order chi connectivity index (χ1) is 8.16. The van der Waals surface area contributed by atoms with Gasteiger partial charge in [0.1, 0.15) is 0 Å². The molecule has 0 unspecified atom stereocenters. The Morgan fingerprint density at radius 1 is 1.41 bits per heavy atom. The first-order valence-corrected chi connectivity index (χ1v) is 5.94. The molecule has 4 nitrogen and oxygen atoms in total. The second kappa shape index (κ2) is 4.88. The van der Waals surface area contributed by atoms with E-state index in [0.717, 1.165) is 5.69 Å². The molecular formula is C12H12N2O2S. The first kappa shape index (κ1) is 11.5. The fraction of sp³-hybridized carbons (Fsp3) is 0.0833. The molecule has 0 spiro atoms. The molecule has 0 fully saturated rings. The number of carbonyl (C=O) groups is 1. The number of carboxylic acid groups (broad SMARTS) is 1. The molecule has 0 aliphatic rings. The lowest BCUT2D eigenvalue weighted by atomic mass is 10.1. The van der Waals surface area contributed by atoms with Crippen molar-refractivity contribution in [3.05, 3.63) is 46.2 Å². The van der Waals surface area contributed by atoms with Crippen LogP contribution in [0.15, 0.2) is 35.7 Å². The lowest BCUT2D eigenvalue weighted by Crippen LogP contribution is -2.03. The quantitative estimate of drug-likeness (QED) is 0.727. The van der Waals surface area contributed by atoms with Gasteiger partial charge < -0.3 is 16.2 Å². The summed E-state index contributed by atoms with van der Waals surface area (Å²) in [6, 6.07) is 8.69. The zero-order valence-corrected chi connectivity index (χ0v) is 9.83. The molecule has 1 aromatic carbocycles. The van der Waals surface area contributed by atoms with E-state index < -0.39 is 5.97 Å². The molecule has 0 amide bonds. The highest BCUT2D eigenvalue weighted by molar-refractivity contribution is 7.09. The topological polar surface area (TPSA) is 75.4 Å². The first-order valence-electron chi connectivity index (χ1n) is 5.06. The molecule has 17 heavy (non-hydrogen) atoms. The van der Waals surface area contributed by atoms with Gasteiger partial charge >= 0.3 is 5.97 Å². The van der Waals surface area contributed by atoms with Crippen LogP contribution < -0.4 is 11.1 Å². The summed E-state index contributed by atoms with van der Waals surface area (Å²) >= 11 is 1.66. The molecule has 0 atom stereocenters. The number of thiophene rings is 1. The Balaban J connectivity index is 2.09. The Morgan fingerprint density at radius 2 is 2.24 bits per heavy atom. The lowest BCUT2D eigenvalue weighted by Gasteiger charge is -2.08. The second-order valence-corrected chi connectivity index (χ2v) is 4.57. The molecule has 0 saturated carbocycles. The maximum atomic E-state index is 10.7. The predicted octanol–water partition coefficient (Wildman–Crippen LogP) is 2.64. The normalized spacial score (nSPS) is 10.1. The van der Waals surface area contributed by atoms with Crippen molar-refractivity contribution in [1.29, 1.82) is 0 Å². The van der Waals surface area contributed by atoms with Gasteiger partial charge in [0.2, 0.25) is 0 Å². The molecule has 5 heteroatoms. The molecule has 0 radical (unpaired) electrons. The van der Waals surface area contributed by atoms with Gasteiger partial charge in [-0.25, -0.2) is 4.79 Å². The zero-order valence-electron chi connectivity index (χ0n) is 9.01. The van der Waals surface area contributed by atoms with Crippen LogP contribution in [0, 0.1) is 0 Å². The minimum Gasteiger partial charge on any atom is -0.478 e. The smallest absolute Gasteiger partial charge is 0.335 e. The van der Waals surface area contributed by atoms with Crippen molar-refractivity contribution in [2.45, 2.75) is 6.54 Å². The summed E-state index contributed by atoms with van der Waals surface area (Å²) in [5.41, 5.74) is 7.17. The van der Waals surface area contributed by atoms with Gasteiger partial charge in [-0.1, -0.05) is 6.07 Å². The molecule has 88 valence electrons. The summed E-state index contributed by atoms with van der Waals surface area (Å²) in [6.45, 7) is 0.689. The highest BCUT2D eigenvalue weighted by Crippen LogP contribution is 2.21. The molecule has 0 bridgehead atoms. The third-order valence-corrected chi connectivity index (χ3v) is 3.21. The van der Waals surface area contributed by atoms with E-state index in [1.165, 1.54) is 17.0 Å². The van der Waals surface area contributed by atoms with Crippen LogP contribution in [0.2, 0.25) is 0 Å². The van der Waals surface area contributed by atoms with E-state index in [1.54, 1.807) is 17.4 Å². The monoisotopic (exact) mass is 248 g/mol. The highest BCUT2D eigenvalue weighted by atomic mass is 32.1. The van der Waals surface area contributed by atoms with Crippen LogP contribution in [0.4, 0.5) is 11.4 Å². The number of nitrogens with two attached hydrogens (primary N) is 1. The number of nitrogens with one attached hydrogen (secondary N) is 1. The molecular weight excluding hydrogens is 236 g/mol. The maximum Gasteiger partial charge on any atom is 0.335 e. The molecule has 4 N–H and O–H groups in total. The molecule has 0 aliphatic carbocycles. The molecule has 2 aromatic rings. The van der Waals surface area contributed by atoms with Crippen molar-refractivity contribution >= 4 is 28.7 Å². The molecule has 0 saturated heterocycles. The van der Waals surface area contributed by atoms with Gasteiger partial charge in [-0.3, -0.25) is 0 Å². The number of hydrogen-bond acceptors (Lipinski definition) is 4. The van der Waals surface area contributed by atoms with Gasteiger partial charge in [0.05, 0.1) is 16.9 Å². The van der Waals surface area contributed by atoms with E-state index in [-0.39, 0.29) is 5.56 Å². The fourth-order valence-electron chi connectivity index (χ4n) is 1.45. The summed E-state index contributed by atoms with van der Waals surface area (Å²) in [7, 11) is 0. The Labute approximate surface area is 103 Å². The highest BCUT2D eigenvalue weighted by Gasteiger charge is 2.06. The lowest BCUT2D eigenvalue weighted by molar-refractivity contribution is 0.0697. The van der Waals surface area contributed by atoms with E-state index in [0.29, 0.717) is 12.2 Å². The zero-order chi connectivity index (χ0) is 12.3. The Hall–Kier alpha value is -2.01. The van der Waals surface area contributed by atoms with Crippen molar-refractivity contribution in [2.24, 2.45) is 0 Å². The van der Waals surface area contributed by atoms with Crippen molar-refractivity contribution in [2.75, 3.05) is 11.1 Å². The minimum atomic E-state index is -0.971. The summed E-state index contributed by atoms with van der Waals surface area (Å²) in [5, 5.41) is 14.0. The van der Waals surface area contributed by atoms with Crippen LogP contribution in [0.3, 0.4) is 0 Å². The molecule has 0 aliphatic heterocycles. The second-order valence-electron chi connectivity index (χ2n) is 3.54. The molecule has 1 aromatic heterocycles. The van der Waals surface area contributed by atoms with Gasteiger partial charge in [-0.15, -0.1) is 11.3 Å². The van der Waals surface area contributed by atoms with Gasteiger partial charge in [0.15, 0.2) is 0 Å². The largest absolute Gasteiger partial charge is 0.478 e. The van der Waals surface area contributed by atoms with Crippen molar-refractivity contribution < 1.29 is 9.90 Å². The SMILES string of the molecule is Nc1cc(C(=O)O)ccc1NCc1cccs1. The Kier molecular flexibility index (Phi) is 3.30. The van der Waals surface area contributed by atoms with Gasteiger partial charge in [-0.05, 0) is 29.6 Å². The number of nitrogen functional groups attached to an aromatic ring is 1. The molecule has 1 heterocycles. The van der Waals surface area contributed by atoms with E-state index in [1.807, 2.05) is 17.5 Å². The third kappa shape index (κ3) is 2.76. The summed E-state index contributed by atoms with van der Waals surface area (Å²) in [4.78, 5) is 11.9.